The number of esters is 1. The predicted molar refractivity (Wildman–Crippen MR) is 124 cm³/mol. The van der Waals surface area contributed by atoms with E-state index in [4.69, 9.17) is 14.2 Å². The van der Waals surface area contributed by atoms with Crippen LogP contribution in [0.5, 0.6) is 0 Å². The van der Waals surface area contributed by atoms with Crippen molar-refractivity contribution in [2.75, 3.05) is 13.2 Å². The van der Waals surface area contributed by atoms with E-state index in [-0.39, 0.29) is 12.5 Å². The standard InChI is InChI=1S/C26H28N2O6/c1-18(29)27-22-21(14-13-19-9-5-3-6-10-19)28(24(22)30)23(26(2)33-15-16-34-26)25(31)32-17-20-11-7-4-8-12-20/h3-14,21-23H,15-17H2,1-2H3,(H,27,29)/b14-13+/t21-,22?,23?/m1/s1. The van der Waals surface area contributed by atoms with Crippen molar-refractivity contribution in [1.82, 2.24) is 10.2 Å². The number of benzene rings is 2. The maximum atomic E-state index is 13.3. The lowest BCUT2D eigenvalue weighted by atomic mass is 9.88. The number of ether oxygens (including phenoxy) is 3. The van der Waals surface area contributed by atoms with Gasteiger partial charge < -0.3 is 24.4 Å². The molecule has 2 aromatic rings. The molecule has 3 atom stereocenters. The second-order valence-corrected chi connectivity index (χ2v) is 8.39. The van der Waals surface area contributed by atoms with Crippen LogP contribution < -0.4 is 5.32 Å². The summed E-state index contributed by atoms with van der Waals surface area (Å²) in [4.78, 5) is 39.7. The molecule has 0 aliphatic carbocycles. The SMILES string of the molecule is CC(=O)NC1C(=O)N(C(C(=O)OCc2ccccc2)C2(C)OCCO2)[C@@H]1/C=C/c1ccccc1. The van der Waals surface area contributed by atoms with Crippen molar-refractivity contribution in [3.63, 3.8) is 0 Å². The molecule has 8 nitrogen and oxygen atoms in total. The smallest absolute Gasteiger partial charge is 0.334 e. The van der Waals surface area contributed by atoms with E-state index in [0.717, 1.165) is 11.1 Å². The zero-order valence-corrected chi connectivity index (χ0v) is 19.2. The van der Waals surface area contributed by atoms with E-state index in [1.165, 1.54) is 11.8 Å². The Bertz CT molecular complexity index is 1050. The molecule has 1 N–H and O–H groups in total. The molecule has 2 unspecified atom stereocenters. The van der Waals surface area contributed by atoms with Gasteiger partial charge in [0.2, 0.25) is 11.8 Å². The summed E-state index contributed by atoms with van der Waals surface area (Å²) in [5.74, 6) is -2.75. The van der Waals surface area contributed by atoms with E-state index in [1.54, 1.807) is 13.0 Å². The van der Waals surface area contributed by atoms with E-state index >= 15 is 0 Å². The Morgan fingerprint density at radius 1 is 1.12 bits per heavy atom. The van der Waals surface area contributed by atoms with Crippen molar-refractivity contribution in [3.8, 4) is 0 Å². The van der Waals surface area contributed by atoms with Crippen LogP contribution in [-0.4, -0.2) is 59.8 Å². The molecule has 2 saturated heterocycles. The zero-order chi connectivity index (χ0) is 24.1. The molecule has 2 aliphatic heterocycles. The zero-order valence-electron chi connectivity index (χ0n) is 19.2. The first kappa shape index (κ1) is 23.7. The Balaban J connectivity index is 1.62. The lowest BCUT2D eigenvalue weighted by molar-refractivity contribution is -0.219. The number of carbonyl (C=O) groups is 3. The average molecular weight is 465 g/mol. The van der Waals surface area contributed by atoms with Gasteiger partial charge in [-0.2, -0.15) is 0 Å². The molecule has 0 spiro atoms. The van der Waals surface area contributed by atoms with Gasteiger partial charge in [-0.15, -0.1) is 0 Å². The lowest BCUT2D eigenvalue weighted by Gasteiger charge is -2.51. The number of nitrogens with zero attached hydrogens (tertiary/aromatic N) is 1. The molecule has 178 valence electrons. The molecule has 0 aromatic heterocycles. The summed E-state index contributed by atoms with van der Waals surface area (Å²) in [6.45, 7) is 3.62. The van der Waals surface area contributed by atoms with Crippen molar-refractivity contribution < 1.29 is 28.6 Å². The third kappa shape index (κ3) is 5.03. The first-order valence-electron chi connectivity index (χ1n) is 11.2. The predicted octanol–water partition coefficient (Wildman–Crippen LogP) is 2.29. The van der Waals surface area contributed by atoms with Crippen molar-refractivity contribution >= 4 is 23.9 Å². The van der Waals surface area contributed by atoms with Crippen LogP contribution in [0.25, 0.3) is 6.08 Å². The number of likely N-dealkylation sites (tertiary alicyclic amines) is 1. The molecule has 2 amide bonds. The minimum Gasteiger partial charge on any atom is -0.459 e. The molecule has 2 aliphatic rings. The van der Waals surface area contributed by atoms with Crippen LogP contribution in [0.3, 0.4) is 0 Å². The lowest BCUT2D eigenvalue weighted by Crippen LogP contribution is -2.76. The van der Waals surface area contributed by atoms with Gasteiger partial charge >= 0.3 is 5.97 Å². The number of hydrogen-bond donors (Lipinski definition) is 1. The molecule has 0 radical (unpaired) electrons. The summed E-state index contributed by atoms with van der Waals surface area (Å²) in [7, 11) is 0. The molecule has 8 heteroatoms. The Hall–Kier alpha value is -3.49. The molecule has 4 rings (SSSR count). The van der Waals surface area contributed by atoms with Crippen molar-refractivity contribution in [3.05, 3.63) is 77.9 Å². The van der Waals surface area contributed by atoms with Crippen molar-refractivity contribution in [2.24, 2.45) is 0 Å². The highest BCUT2D eigenvalue weighted by atomic mass is 16.7. The molecule has 2 heterocycles. The van der Waals surface area contributed by atoms with Gasteiger partial charge in [0.05, 0.1) is 19.3 Å². The minimum absolute atomic E-state index is 0.0495. The van der Waals surface area contributed by atoms with Gasteiger partial charge in [-0.25, -0.2) is 4.79 Å². The van der Waals surface area contributed by atoms with E-state index in [0.29, 0.717) is 13.2 Å². The van der Waals surface area contributed by atoms with Crippen LogP contribution in [0.2, 0.25) is 0 Å². The van der Waals surface area contributed by atoms with Gasteiger partial charge in [-0.3, -0.25) is 9.59 Å². The number of β-lactam (4-membered cyclic amide) rings is 1. The Labute approximate surface area is 198 Å². The Morgan fingerprint density at radius 3 is 2.35 bits per heavy atom. The van der Waals surface area contributed by atoms with Crippen molar-refractivity contribution in [2.45, 2.75) is 44.4 Å². The fourth-order valence-electron chi connectivity index (χ4n) is 4.25. The van der Waals surface area contributed by atoms with Gasteiger partial charge in [0.1, 0.15) is 12.6 Å². The largest absolute Gasteiger partial charge is 0.459 e. The maximum Gasteiger partial charge on any atom is 0.334 e. The summed E-state index contributed by atoms with van der Waals surface area (Å²) in [6.07, 6.45) is 3.65. The quantitative estimate of drug-likeness (QED) is 0.476. The number of hydrogen-bond acceptors (Lipinski definition) is 6. The second-order valence-electron chi connectivity index (χ2n) is 8.39. The Kier molecular flexibility index (Phi) is 7.09. The molecule has 34 heavy (non-hydrogen) atoms. The van der Waals surface area contributed by atoms with Crippen LogP contribution in [-0.2, 0) is 35.2 Å². The van der Waals surface area contributed by atoms with Gasteiger partial charge in [0, 0.05) is 6.92 Å². The highest BCUT2D eigenvalue weighted by Crippen LogP contribution is 2.35. The van der Waals surface area contributed by atoms with Crippen LogP contribution in [0.4, 0.5) is 0 Å². The molecule has 0 saturated carbocycles. The third-order valence-electron chi connectivity index (χ3n) is 5.91. The molecule has 2 fully saturated rings. The monoisotopic (exact) mass is 464 g/mol. The van der Waals surface area contributed by atoms with Gasteiger partial charge in [0.25, 0.3) is 0 Å². The maximum absolute atomic E-state index is 13.3. The van der Waals surface area contributed by atoms with Gasteiger partial charge in [-0.05, 0) is 18.1 Å². The average Bonchev–Trinajstić information content (AvgIpc) is 3.29. The number of nitrogens with one attached hydrogen (secondary N) is 1. The van der Waals surface area contributed by atoms with Crippen LogP contribution in [0, 0.1) is 0 Å². The van der Waals surface area contributed by atoms with E-state index in [9.17, 15) is 14.4 Å². The molecule has 0 bridgehead atoms. The molecular weight excluding hydrogens is 436 g/mol. The van der Waals surface area contributed by atoms with E-state index in [1.807, 2.05) is 66.7 Å². The summed E-state index contributed by atoms with van der Waals surface area (Å²) >= 11 is 0. The van der Waals surface area contributed by atoms with Gasteiger partial charge in [0.15, 0.2) is 11.8 Å². The number of amides is 2. The highest BCUT2D eigenvalue weighted by molar-refractivity contribution is 5.97. The second kappa shape index (κ2) is 10.2. The topological polar surface area (TPSA) is 94.2 Å². The molecular formula is C26H28N2O6. The summed E-state index contributed by atoms with van der Waals surface area (Å²) in [5.41, 5.74) is 1.74. The number of carbonyl (C=O) groups excluding carboxylic acids is 3. The number of rotatable bonds is 8. The van der Waals surface area contributed by atoms with Gasteiger partial charge in [-0.1, -0.05) is 72.8 Å². The molecule has 2 aromatic carbocycles. The summed E-state index contributed by atoms with van der Waals surface area (Å²) in [6, 6.07) is 16.3. The first-order valence-corrected chi connectivity index (χ1v) is 11.2. The third-order valence-corrected chi connectivity index (χ3v) is 5.91. The Morgan fingerprint density at radius 2 is 1.74 bits per heavy atom. The summed E-state index contributed by atoms with van der Waals surface area (Å²) in [5, 5.41) is 2.68. The van der Waals surface area contributed by atoms with Crippen LogP contribution in [0.15, 0.2) is 66.7 Å². The van der Waals surface area contributed by atoms with E-state index < -0.39 is 35.8 Å². The van der Waals surface area contributed by atoms with Crippen LogP contribution >= 0.6 is 0 Å². The fourth-order valence-corrected chi connectivity index (χ4v) is 4.25. The fraction of sp³-hybridized carbons (Fsp3) is 0.346. The van der Waals surface area contributed by atoms with Crippen LogP contribution in [0.1, 0.15) is 25.0 Å². The van der Waals surface area contributed by atoms with E-state index in [2.05, 4.69) is 5.32 Å². The normalized spacial score (nSPS) is 22.3. The first-order chi connectivity index (χ1) is 16.4. The summed E-state index contributed by atoms with van der Waals surface area (Å²) < 4.78 is 17.2. The highest BCUT2D eigenvalue weighted by Gasteiger charge is 2.59. The van der Waals surface area contributed by atoms with Crippen molar-refractivity contribution in [1.29, 1.82) is 0 Å². The minimum atomic E-state index is -1.37.